The molecule has 0 N–H and O–H groups in total. The highest BCUT2D eigenvalue weighted by molar-refractivity contribution is 6.09. The normalized spacial score (nSPS) is 22.1. The molecule has 14 rings (SSSR count). The lowest BCUT2D eigenvalue weighted by atomic mass is 9.42. The molecule has 5 aliphatic carbocycles. The van der Waals surface area contributed by atoms with Gasteiger partial charge in [-0.3, -0.25) is 0 Å². The number of hydrogen-bond donors (Lipinski definition) is 0. The largest absolute Gasteiger partial charge is 0.208 e. The van der Waals surface area contributed by atoms with Gasteiger partial charge < -0.3 is 0 Å². The van der Waals surface area contributed by atoms with Crippen LogP contribution in [0.5, 0.6) is 0 Å². The highest BCUT2D eigenvalue weighted by Crippen LogP contribution is 2.71. The van der Waals surface area contributed by atoms with E-state index in [0.717, 1.165) is 39.7 Å². The van der Waals surface area contributed by atoms with Crippen LogP contribution in [0, 0.1) is 23.7 Å². The summed E-state index contributed by atoms with van der Waals surface area (Å²) in [5, 5.41) is 5.63. The highest BCUT2D eigenvalue weighted by Gasteiger charge is 2.62. The zero-order valence-electron chi connectivity index (χ0n) is 33.4. The van der Waals surface area contributed by atoms with Gasteiger partial charge in [-0.2, -0.15) is 0 Å². The van der Waals surface area contributed by atoms with E-state index in [9.17, 15) is 0 Å². The summed E-state index contributed by atoms with van der Waals surface area (Å²) in [5.41, 5.74) is 13.9. The van der Waals surface area contributed by atoms with E-state index in [-0.39, 0.29) is 5.41 Å². The second kappa shape index (κ2) is 13.1. The van der Waals surface area contributed by atoms with Crippen LogP contribution < -0.4 is 0 Å². The van der Waals surface area contributed by atoms with E-state index in [1.165, 1.54) is 75.9 Å². The van der Waals surface area contributed by atoms with Crippen LogP contribution in [0.4, 0.5) is 0 Å². The summed E-state index contributed by atoms with van der Waals surface area (Å²) in [6, 6.07) is 64.1. The van der Waals surface area contributed by atoms with Gasteiger partial charge in [0.05, 0.1) is 0 Å². The number of nitrogens with zero attached hydrogens (tertiary/aromatic N) is 3. The molecular formula is C57H43N3. The molecule has 5 aliphatic rings. The predicted octanol–water partition coefficient (Wildman–Crippen LogP) is 14.2. The lowest BCUT2D eigenvalue weighted by Crippen LogP contribution is -2.55. The van der Waals surface area contributed by atoms with Gasteiger partial charge >= 0.3 is 0 Å². The van der Waals surface area contributed by atoms with Gasteiger partial charge in [-0.1, -0.05) is 164 Å². The third kappa shape index (κ3) is 5.05. The topological polar surface area (TPSA) is 38.7 Å². The van der Waals surface area contributed by atoms with Gasteiger partial charge in [-0.15, -0.1) is 0 Å². The van der Waals surface area contributed by atoms with Gasteiger partial charge in [0.1, 0.15) is 0 Å². The van der Waals surface area contributed by atoms with E-state index in [4.69, 9.17) is 15.0 Å². The van der Waals surface area contributed by atoms with E-state index in [1.54, 1.807) is 11.1 Å². The Morgan fingerprint density at radius 3 is 1.55 bits per heavy atom. The summed E-state index contributed by atoms with van der Waals surface area (Å²) in [6.45, 7) is 0. The zero-order valence-corrected chi connectivity index (χ0v) is 33.4. The fourth-order valence-corrected chi connectivity index (χ4v) is 12.7. The van der Waals surface area contributed by atoms with Crippen LogP contribution in [0.2, 0.25) is 0 Å². The number of aromatic nitrogens is 3. The molecule has 1 spiro atoms. The lowest BCUT2D eigenvalue weighted by Gasteiger charge is -2.61. The lowest BCUT2D eigenvalue weighted by molar-refractivity contribution is -0.0388. The monoisotopic (exact) mass is 769 g/mol. The van der Waals surface area contributed by atoms with Gasteiger partial charge in [-0.05, 0) is 134 Å². The Bertz CT molecular complexity index is 3120. The Morgan fingerprint density at radius 2 is 0.850 bits per heavy atom. The molecule has 4 fully saturated rings. The highest BCUT2D eigenvalue weighted by atomic mass is 15.0. The SMILES string of the molecule is c1ccc(-c2cccc(-c3nc(-c4ccccc4)nc(-c4ccc(-c5cc6c(c7ccccc57)C5(c7c-6ccc6ccccc76)C6CC7CC(C6)CC5C7)cc4)n3)c2)cc1. The van der Waals surface area contributed by atoms with Gasteiger partial charge in [0.25, 0.3) is 0 Å². The Hall–Kier alpha value is -6.71. The average molecular weight is 770 g/mol. The van der Waals surface area contributed by atoms with Gasteiger partial charge in [0.15, 0.2) is 17.5 Å². The summed E-state index contributed by atoms with van der Waals surface area (Å²) in [6.07, 6.45) is 6.94. The summed E-state index contributed by atoms with van der Waals surface area (Å²) >= 11 is 0. The quantitative estimate of drug-likeness (QED) is 0.175. The van der Waals surface area contributed by atoms with Crippen LogP contribution in [0.1, 0.15) is 43.2 Å². The first-order valence-corrected chi connectivity index (χ1v) is 21.9. The van der Waals surface area contributed by atoms with Crippen molar-refractivity contribution >= 4 is 21.5 Å². The number of rotatable bonds is 5. The molecule has 0 radical (unpaired) electrons. The van der Waals surface area contributed by atoms with Crippen molar-refractivity contribution in [3.63, 3.8) is 0 Å². The average Bonchev–Trinajstić information content (AvgIpc) is 3.62. The molecule has 4 bridgehead atoms. The molecule has 1 aromatic heterocycles. The van der Waals surface area contributed by atoms with Crippen LogP contribution in [0.3, 0.4) is 0 Å². The summed E-state index contributed by atoms with van der Waals surface area (Å²) in [7, 11) is 0. The Morgan fingerprint density at radius 1 is 0.333 bits per heavy atom. The molecule has 286 valence electrons. The van der Waals surface area contributed by atoms with Crippen molar-refractivity contribution < 1.29 is 0 Å². The first-order chi connectivity index (χ1) is 29.7. The molecule has 8 aromatic carbocycles. The standard InChI is InChI=1S/C57H43N3/c1-3-12-37(13-4-1)42-17-11-18-43(33-42)56-59-54(40-15-5-2-6-16-40)58-55(60-56)41-24-22-39(23-25-41)50-34-51-49-27-26-38-14-7-8-19-46(38)52(49)57(53(51)48-21-10-9-20-47(48)50)44-29-35-28-36(31-44)32-45(57)30-35/h1-27,33-36,44-45H,28-32H2. The molecule has 9 aromatic rings. The van der Waals surface area contributed by atoms with Crippen LogP contribution in [-0.4, -0.2) is 15.0 Å². The van der Waals surface area contributed by atoms with E-state index >= 15 is 0 Å². The second-order valence-corrected chi connectivity index (χ2v) is 18.0. The van der Waals surface area contributed by atoms with Gasteiger partial charge in [0, 0.05) is 22.1 Å². The number of hydrogen-bond acceptors (Lipinski definition) is 3. The number of fused-ring (bicyclic) bond motifs is 7. The second-order valence-electron chi connectivity index (χ2n) is 18.0. The first-order valence-electron chi connectivity index (χ1n) is 21.9. The van der Waals surface area contributed by atoms with E-state index in [1.807, 2.05) is 18.2 Å². The van der Waals surface area contributed by atoms with E-state index < -0.39 is 0 Å². The van der Waals surface area contributed by atoms with Crippen molar-refractivity contribution in [3.05, 3.63) is 187 Å². The Balaban J connectivity index is 0.963. The fourth-order valence-electron chi connectivity index (χ4n) is 12.7. The molecule has 3 nitrogen and oxygen atoms in total. The maximum atomic E-state index is 5.15. The molecule has 60 heavy (non-hydrogen) atoms. The van der Waals surface area contributed by atoms with Crippen molar-refractivity contribution in [1.29, 1.82) is 0 Å². The molecule has 1 heterocycles. The molecular weight excluding hydrogens is 727 g/mol. The molecule has 3 heteroatoms. The van der Waals surface area contributed by atoms with E-state index in [2.05, 4.69) is 158 Å². The Labute approximate surface area is 350 Å². The zero-order chi connectivity index (χ0) is 39.4. The molecule has 0 unspecified atom stereocenters. The minimum absolute atomic E-state index is 0.0639. The minimum Gasteiger partial charge on any atom is -0.208 e. The van der Waals surface area contributed by atoms with Crippen LogP contribution >= 0.6 is 0 Å². The summed E-state index contributed by atoms with van der Waals surface area (Å²) in [5.74, 6) is 5.18. The third-order valence-corrected chi connectivity index (χ3v) is 14.9. The van der Waals surface area contributed by atoms with Crippen molar-refractivity contribution in [2.45, 2.75) is 37.5 Å². The van der Waals surface area contributed by atoms with Gasteiger partial charge in [-0.25, -0.2) is 15.0 Å². The summed E-state index contributed by atoms with van der Waals surface area (Å²) < 4.78 is 0. The van der Waals surface area contributed by atoms with Crippen LogP contribution in [0.25, 0.3) is 89.1 Å². The maximum absolute atomic E-state index is 5.15. The third-order valence-electron chi connectivity index (χ3n) is 14.9. The molecule has 0 amide bonds. The van der Waals surface area contributed by atoms with Crippen molar-refractivity contribution in [2.24, 2.45) is 23.7 Å². The molecule has 4 saturated carbocycles. The van der Waals surface area contributed by atoms with Crippen molar-refractivity contribution in [1.82, 2.24) is 15.0 Å². The molecule has 0 atom stereocenters. The minimum atomic E-state index is 0.0639. The smallest absolute Gasteiger partial charge is 0.164 e. The van der Waals surface area contributed by atoms with Crippen molar-refractivity contribution in [2.75, 3.05) is 0 Å². The van der Waals surface area contributed by atoms with Crippen LogP contribution in [-0.2, 0) is 5.41 Å². The van der Waals surface area contributed by atoms with Gasteiger partial charge in [0.2, 0.25) is 0 Å². The molecule has 0 aliphatic heterocycles. The van der Waals surface area contributed by atoms with E-state index in [0.29, 0.717) is 29.3 Å². The first kappa shape index (κ1) is 34.2. The number of benzene rings is 8. The maximum Gasteiger partial charge on any atom is 0.164 e. The summed E-state index contributed by atoms with van der Waals surface area (Å²) in [4.78, 5) is 15.3. The van der Waals surface area contributed by atoms with Crippen LogP contribution in [0.15, 0.2) is 176 Å². The Kier molecular flexibility index (Phi) is 7.49. The predicted molar refractivity (Wildman–Crippen MR) is 245 cm³/mol. The molecule has 0 saturated heterocycles. The van der Waals surface area contributed by atoms with Crippen molar-refractivity contribution in [3.8, 4) is 67.5 Å². The fraction of sp³-hybridized carbons (Fsp3) is 0.175.